The summed E-state index contributed by atoms with van der Waals surface area (Å²) in [7, 11) is 1.98. The van der Waals surface area contributed by atoms with Gasteiger partial charge in [0.25, 0.3) is 0 Å². The van der Waals surface area contributed by atoms with Crippen LogP contribution in [0, 0.1) is 6.92 Å². The van der Waals surface area contributed by atoms with Crippen molar-refractivity contribution in [1.82, 2.24) is 9.80 Å². The molecule has 1 fully saturated rings. The first-order chi connectivity index (χ1) is 12.5. The second kappa shape index (κ2) is 8.41. The van der Waals surface area contributed by atoms with Gasteiger partial charge >= 0.3 is 0 Å². The topological polar surface area (TPSA) is 45.9 Å². The van der Waals surface area contributed by atoms with Gasteiger partial charge in [0.2, 0.25) is 5.91 Å². The normalized spacial score (nSPS) is 13.8. The molecule has 5 heteroatoms. The Balaban J connectivity index is 1.54. The Labute approximate surface area is 155 Å². The Hall–Kier alpha value is -2.27. The molecule has 0 unspecified atom stereocenters. The van der Waals surface area contributed by atoms with E-state index < -0.39 is 0 Å². The molecule has 3 rings (SSSR count). The number of nitrogens with zero attached hydrogens (tertiary/aromatic N) is 2. The third-order valence-electron chi connectivity index (χ3n) is 4.52. The van der Waals surface area contributed by atoms with Crippen LogP contribution in [0.3, 0.4) is 0 Å². The van der Waals surface area contributed by atoms with E-state index in [1.54, 1.807) is 0 Å². The number of hydrogen-bond donors (Lipinski definition) is 0. The quantitative estimate of drug-likeness (QED) is 0.689. The summed E-state index contributed by atoms with van der Waals surface area (Å²) in [4.78, 5) is 16.8. The highest BCUT2D eigenvalue weighted by molar-refractivity contribution is 5.78. The van der Waals surface area contributed by atoms with Gasteiger partial charge in [-0.2, -0.15) is 0 Å². The Morgan fingerprint density at radius 1 is 1.15 bits per heavy atom. The van der Waals surface area contributed by atoms with Crippen molar-refractivity contribution in [2.24, 2.45) is 0 Å². The number of hydrogen-bond acceptors (Lipinski definition) is 4. The lowest BCUT2D eigenvalue weighted by atomic mass is 10.2. The lowest BCUT2D eigenvalue weighted by Crippen LogP contribution is -2.39. The molecule has 1 aromatic heterocycles. The maximum Gasteiger partial charge on any atom is 0.237 e. The van der Waals surface area contributed by atoms with Gasteiger partial charge in [0, 0.05) is 12.6 Å². The minimum atomic E-state index is 0.162. The first-order valence-electron chi connectivity index (χ1n) is 9.30. The van der Waals surface area contributed by atoms with Gasteiger partial charge in [-0.15, -0.1) is 0 Å². The van der Waals surface area contributed by atoms with Gasteiger partial charge in [-0.25, -0.2) is 0 Å². The maximum atomic E-state index is 12.8. The molecule has 2 aromatic rings. The minimum Gasteiger partial charge on any atom is -0.494 e. The van der Waals surface area contributed by atoms with E-state index >= 15 is 0 Å². The SMILES string of the molecule is CCOc1ccc(CN(C)CC(=O)N(Cc2ccc(C)o2)C2CC2)cc1. The maximum absolute atomic E-state index is 12.8. The third-order valence-corrected chi connectivity index (χ3v) is 4.52. The van der Waals surface area contributed by atoms with Crippen molar-refractivity contribution in [2.45, 2.75) is 45.8 Å². The number of rotatable bonds is 9. The molecule has 0 radical (unpaired) electrons. The van der Waals surface area contributed by atoms with Crippen LogP contribution in [0.15, 0.2) is 40.8 Å². The van der Waals surface area contributed by atoms with Gasteiger partial charge in [-0.05, 0) is 63.6 Å². The fourth-order valence-corrected chi connectivity index (χ4v) is 3.09. The van der Waals surface area contributed by atoms with E-state index in [-0.39, 0.29) is 5.91 Å². The predicted molar refractivity (Wildman–Crippen MR) is 101 cm³/mol. The molecular formula is C21H28N2O3. The molecule has 0 aliphatic heterocycles. The molecule has 26 heavy (non-hydrogen) atoms. The van der Waals surface area contributed by atoms with Gasteiger partial charge in [0.15, 0.2) is 0 Å². The Morgan fingerprint density at radius 2 is 1.88 bits per heavy atom. The van der Waals surface area contributed by atoms with E-state index in [9.17, 15) is 4.79 Å². The van der Waals surface area contributed by atoms with Crippen molar-refractivity contribution < 1.29 is 13.9 Å². The molecule has 0 atom stereocenters. The Bertz CT molecular complexity index is 719. The van der Waals surface area contributed by atoms with Crippen LogP contribution < -0.4 is 4.74 Å². The number of aryl methyl sites for hydroxylation is 1. The van der Waals surface area contributed by atoms with Crippen molar-refractivity contribution in [1.29, 1.82) is 0 Å². The van der Waals surface area contributed by atoms with Crippen LogP contribution in [-0.2, 0) is 17.9 Å². The number of carbonyl (C=O) groups is 1. The average Bonchev–Trinajstić information content (AvgIpc) is 3.36. The summed E-state index contributed by atoms with van der Waals surface area (Å²) < 4.78 is 11.1. The van der Waals surface area contributed by atoms with Crippen molar-refractivity contribution >= 4 is 5.91 Å². The summed E-state index contributed by atoms with van der Waals surface area (Å²) in [5, 5.41) is 0. The van der Waals surface area contributed by atoms with Gasteiger partial charge in [-0.1, -0.05) is 12.1 Å². The zero-order valence-corrected chi connectivity index (χ0v) is 15.9. The van der Waals surface area contributed by atoms with Gasteiger partial charge in [-0.3, -0.25) is 9.69 Å². The van der Waals surface area contributed by atoms with Crippen LogP contribution in [0.2, 0.25) is 0 Å². The predicted octanol–water partition coefficient (Wildman–Crippen LogP) is 3.61. The standard InChI is InChI=1S/C21H28N2O3/c1-4-25-19-11-6-17(7-12-19)13-22(3)15-21(24)23(18-8-9-18)14-20-10-5-16(2)26-20/h5-7,10-12,18H,4,8-9,13-15H2,1-3H3. The Morgan fingerprint density at radius 3 is 2.46 bits per heavy atom. The largest absolute Gasteiger partial charge is 0.494 e. The molecule has 1 saturated carbocycles. The van der Waals surface area contributed by atoms with Crippen LogP contribution in [0.1, 0.15) is 36.8 Å². The Kier molecular flexibility index (Phi) is 5.99. The smallest absolute Gasteiger partial charge is 0.237 e. The fraction of sp³-hybridized carbons (Fsp3) is 0.476. The van der Waals surface area contributed by atoms with Crippen molar-refractivity contribution in [2.75, 3.05) is 20.2 Å². The molecule has 0 bridgehead atoms. The molecule has 1 amide bonds. The van der Waals surface area contributed by atoms with Crippen LogP contribution in [0.5, 0.6) is 5.75 Å². The van der Waals surface area contributed by atoms with Crippen LogP contribution in [0.25, 0.3) is 0 Å². The molecular weight excluding hydrogens is 328 g/mol. The fourth-order valence-electron chi connectivity index (χ4n) is 3.09. The highest BCUT2D eigenvalue weighted by Gasteiger charge is 2.33. The number of likely N-dealkylation sites (N-methyl/N-ethyl adjacent to an activating group) is 1. The highest BCUT2D eigenvalue weighted by Crippen LogP contribution is 2.29. The number of ether oxygens (including phenoxy) is 1. The molecule has 1 aliphatic carbocycles. The van der Waals surface area contributed by atoms with E-state index in [1.165, 1.54) is 5.56 Å². The molecule has 0 saturated heterocycles. The van der Waals surface area contributed by atoms with Gasteiger partial charge < -0.3 is 14.1 Å². The average molecular weight is 356 g/mol. The molecule has 0 spiro atoms. The molecule has 1 heterocycles. The van der Waals surface area contributed by atoms with E-state index in [0.29, 0.717) is 25.7 Å². The molecule has 5 nitrogen and oxygen atoms in total. The lowest BCUT2D eigenvalue weighted by molar-refractivity contribution is -0.133. The molecule has 140 valence electrons. The third kappa shape index (κ3) is 5.11. The molecule has 1 aliphatic rings. The van der Waals surface area contributed by atoms with E-state index in [1.807, 2.05) is 50.1 Å². The zero-order chi connectivity index (χ0) is 18.5. The van der Waals surface area contributed by atoms with Crippen LogP contribution >= 0.6 is 0 Å². The lowest BCUT2D eigenvalue weighted by Gasteiger charge is -2.25. The second-order valence-electron chi connectivity index (χ2n) is 7.01. The number of amides is 1. The second-order valence-corrected chi connectivity index (χ2v) is 7.01. The summed E-state index contributed by atoms with van der Waals surface area (Å²) in [5.74, 6) is 2.78. The summed E-state index contributed by atoms with van der Waals surface area (Å²) >= 11 is 0. The highest BCUT2D eigenvalue weighted by atomic mass is 16.5. The van der Waals surface area contributed by atoms with Crippen molar-refractivity contribution in [3.05, 3.63) is 53.5 Å². The first kappa shape index (κ1) is 18.5. The molecule has 0 N–H and O–H groups in total. The van der Waals surface area contributed by atoms with E-state index in [0.717, 1.165) is 36.7 Å². The van der Waals surface area contributed by atoms with Crippen molar-refractivity contribution in [3.8, 4) is 5.75 Å². The number of furan rings is 1. The number of carbonyl (C=O) groups excluding carboxylic acids is 1. The first-order valence-corrected chi connectivity index (χ1v) is 9.30. The monoisotopic (exact) mass is 356 g/mol. The summed E-state index contributed by atoms with van der Waals surface area (Å²) in [6.45, 7) is 6.27. The summed E-state index contributed by atoms with van der Waals surface area (Å²) in [6, 6.07) is 12.3. The van der Waals surface area contributed by atoms with Gasteiger partial charge in [0.05, 0.1) is 19.7 Å². The van der Waals surface area contributed by atoms with Gasteiger partial charge in [0.1, 0.15) is 17.3 Å². The zero-order valence-electron chi connectivity index (χ0n) is 15.9. The number of benzene rings is 1. The summed E-state index contributed by atoms with van der Waals surface area (Å²) in [5.41, 5.74) is 1.17. The molecule has 1 aromatic carbocycles. The van der Waals surface area contributed by atoms with Crippen LogP contribution in [0.4, 0.5) is 0 Å². The minimum absolute atomic E-state index is 0.162. The van der Waals surface area contributed by atoms with Crippen molar-refractivity contribution in [3.63, 3.8) is 0 Å². The van der Waals surface area contributed by atoms with E-state index in [4.69, 9.17) is 9.15 Å². The summed E-state index contributed by atoms with van der Waals surface area (Å²) in [6.07, 6.45) is 2.18. The van der Waals surface area contributed by atoms with E-state index in [2.05, 4.69) is 17.0 Å². The van der Waals surface area contributed by atoms with Crippen LogP contribution in [-0.4, -0.2) is 41.9 Å².